The van der Waals surface area contributed by atoms with E-state index in [2.05, 4.69) is 5.32 Å². The highest BCUT2D eigenvalue weighted by Crippen LogP contribution is 2.24. The van der Waals surface area contributed by atoms with Gasteiger partial charge in [-0.3, -0.25) is 9.59 Å². The maximum absolute atomic E-state index is 12.8. The van der Waals surface area contributed by atoms with Gasteiger partial charge in [0.05, 0.1) is 11.4 Å². The summed E-state index contributed by atoms with van der Waals surface area (Å²) in [4.78, 5) is 26.5. The number of hydrogen-bond donors (Lipinski definition) is 1. The highest BCUT2D eigenvalue weighted by molar-refractivity contribution is 5.97. The molecule has 0 atom stereocenters. The summed E-state index contributed by atoms with van der Waals surface area (Å²) in [7, 11) is 0. The number of carbonyl (C=O) groups is 2. The molecule has 6 heteroatoms. The minimum Gasteiger partial charge on any atom is -0.348 e. The molecule has 1 fully saturated rings. The fourth-order valence-corrected chi connectivity index (χ4v) is 4.08. The lowest BCUT2D eigenvalue weighted by molar-refractivity contribution is -0.117. The minimum absolute atomic E-state index is 0.135. The van der Waals surface area contributed by atoms with Crippen LogP contribution in [0.1, 0.15) is 28.8 Å². The van der Waals surface area contributed by atoms with Crippen molar-refractivity contribution >= 4 is 17.5 Å². The largest absolute Gasteiger partial charge is 0.348 e. The van der Waals surface area contributed by atoms with Crippen molar-refractivity contribution in [3.8, 4) is 16.9 Å². The van der Waals surface area contributed by atoms with Crippen LogP contribution in [0.15, 0.2) is 91.1 Å². The van der Waals surface area contributed by atoms with E-state index in [1.807, 2.05) is 83.7 Å². The van der Waals surface area contributed by atoms with E-state index in [9.17, 15) is 9.59 Å². The van der Waals surface area contributed by atoms with Gasteiger partial charge in [0.1, 0.15) is 0 Å². The van der Waals surface area contributed by atoms with Gasteiger partial charge in [-0.2, -0.15) is 5.10 Å². The van der Waals surface area contributed by atoms with Gasteiger partial charge in [-0.15, -0.1) is 0 Å². The van der Waals surface area contributed by atoms with Gasteiger partial charge in [-0.25, -0.2) is 4.68 Å². The highest BCUT2D eigenvalue weighted by atomic mass is 16.2. The second kappa shape index (κ2) is 9.12. The molecule has 2 heterocycles. The number of para-hydroxylation sites is 1. The molecule has 4 aromatic rings. The van der Waals surface area contributed by atoms with E-state index >= 15 is 0 Å². The van der Waals surface area contributed by atoms with Crippen molar-refractivity contribution in [2.24, 2.45) is 0 Å². The molecular weight excluding hydrogens is 412 g/mol. The second-order valence-corrected chi connectivity index (χ2v) is 8.03. The summed E-state index contributed by atoms with van der Waals surface area (Å²) in [5.41, 5.74) is 5.11. The van der Waals surface area contributed by atoms with Crippen molar-refractivity contribution in [1.82, 2.24) is 15.1 Å². The lowest BCUT2D eigenvalue weighted by Crippen LogP contribution is -2.25. The zero-order valence-corrected chi connectivity index (χ0v) is 18.1. The van der Waals surface area contributed by atoms with Crippen LogP contribution >= 0.6 is 0 Å². The Bertz CT molecular complexity index is 1260. The Morgan fingerprint density at radius 1 is 0.879 bits per heavy atom. The van der Waals surface area contributed by atoms with E-state index in [4.69, 9.17) is 5.10 Å². The zero-order valence-electron chi connectivity index (χ0n) is 18.1. The van der Waals surface area contributed by atoms with E-state index in [1.54, 1.807) is 17.0 Å². The molecule has 0 bridgehead atoms. The van der Waals surface area contributed by atoms with Gasteiger partial charge < -0.3 is 10.2 Å². The molecule has 0 spiro atoms. The first-order valence-corrected chi connectivity index (χ1v) is 11.1. The number of benzene rings is 3. The summed E-state index contributed by atoms with van der Waals surface area (Å²) >= 11 is 0. The predicted octanol–water partition coefficient (Wildman–Crippen LogP) is 4.60. The standard InChI is InChI=1S/C27H24N4O2/c32-25-12-7-17-30(25)23-15-13-21(14-16-23)27(33)28-18-22-19-31(24-10-5-2-6-11-24)29-26(22)20-8-3-1-4-9-20/h1-6,8-11,13-16,19H,7,12,17-18H2,(H,28,33). The van der Waals surface area contributed by atoms with Crippen LogP contribution < -0.4 is 10.2 Å². The van der Waals surface area contributed by atoms with Crippen molar-refractivity contribution in [3.05, 3.63) is 102 Å². The van der Waals surface area contributed by atoms with Crippen molar-refractivity contribution in [2.75, 3.05) is 11.4 Å². The summed E-state index contributed by atoms with van der Waals surface area (Å²) in [5, 5.41) is 7.81. The topological polar surface area (TPSA) is 67.2 Å². The second-order valence-electron chi connectivity index (χ2n) is 8.03. The van der Waals surface area contributed by atoms with Crippen LogP contribution in [0.2, 0.25) is 0 Å². The molecule has 1 aliphatic heterocycles. The summed E-state index contributed by atoms with van der Waals surface area (Å²) < 4.78 is 1.84. The van der Waals surface area contributed by atoms with Crippen LogP contribution in [0.25, 0.3) is 16.9 Å². The third kappa shape index (κ3) is 4.41. The maximum Gasteiger partial charge on any atom is 0.251 e. The van der Waals surface area contributed by atoms with Crippen LogP contribution in [0.4, 0.5) is 5.69 Å². The Labute approximate surface area is 192 Å². The van der Waals surface area contributed by atoms with Crippen LogP contribution in [-0.2, 0) is 11.3 Å². The van der Waals surface area contributed by atoms with Crippen molar-refractivity contribution in [2.45, 2.75) is 19.4 Å². The zero-order chi connectivity index (χ0) is 22.6. The molecule has 0 unspecified atom stereocenters. The van der Waals surface area contributed by atoms with E-state index in [-0.39, 0.29) is 11.8 Å². The van der Waals surface area contributed by atoms with Crippen LogP contribution in [0.3, 0.4) is 0 Å². The monoisotopic (exact) mass is 436 g/mol. The molecule has 6 nitrogen and oxygen atoms in total. The van der Waals surface area contributed by atoms with Gasteiger partial charge in [-0.1, -0.05) is 48.5 Å². The minimum atomic E-state index is -0.166. The quantitative estimate of drug-likeness (QED) is 0.481. The summed E-state index contributed by atoms with van der Waals surface area (Å²) in [6, 6.07) is 27.1. The number of rotatable bonds is 6. The molecule has 0 radical (unpaired) electrons. The van der Waals surface area contributed by atoms with E-state index in [1.165, 1.54) is 0 Å². The van der Waals surface area contributed by atoms with E-state index in [0.717, 1.165) is 41.2 Å². The SMILES string of the molecule is O=C(NCc1cn(-c2ccccc2)nc1-c1ccccc1)c1ccc(N2CCCC2=O)cc1. The molecule has 1 N–H and O–H groups in total. The first-order chi connectivity index (χ1) is 16.2. The molecule has 1 aliphatic rings. The van der Waals surface area contributed by atoms with Crippen molar-refractivity contribution in [3.63, 3.8) is 0 Å². The Kier molecular flexibility index (Phi) is 5.72. The number of hydrogen-bond acceptors (Lipinski definition) is 3. The number of carbonyl (C=O) groups excluding carboxylic acids is 2. The molecule has 3 aromatic carbocycles. The van der Waals surface area contributed by atoms with Crippen molar-refractivity contribution < 1.29 is 9.59 Å². The molecule has 5 rings (SSSR count). The fraction of sp³-hybridized carbons (Fsp3) is 0.148. The van der Waals surface area contributed by atoms with Crippen LogP contribution in [-0.4, -0.2) is 28.1 Å². The van der Waals surface area contributed by atoms with Gasteiger partial charge in [0, 0.05) is 48.1 Å². The van der Waals surface area contributed by atoms with E-state index < -0.39 is 0 Å². The number of amides is 2. The lowest BCUT2D eigenvalue weighted by Gasteiger charge is -2.15. The third-order valence-corrected chi connectivity index (χ3v) is 5.81. The average molecular weight is 437 g/mol. The maximum atomic E-state index is 12.8. The van der Waals surface area contributed by atoms with E-state index in [0.29, 0.717) is 18.5 Å². The normalized spacial score (nSPS) is 13.3. The van der Waals surface area contributed by atoms with Crippen LogP contribution in [0, 0.1) is 0 Å². The summed E-state index contributed by atoms with van der Waals surface area (Å²) in [5.74, 6) is -0.0307. The predicted molar refractivity (Wildman–Crippen MR) is 128 cm³/mol. The first-order valence-electron chi connectivity index (χ1n) is 11.1. The first kappa shape index (κ1) is 20.7. The van der Waals surface area contributed by atoms with Gasteiger partial charge in [0.2, 0.25) is 5.91 Å². The lowest BCUT2D eigenvalue weighted by atomic mass is 10.1. The number of anilines is 1. The van der Waals surface area contributed by atoms with Crippen molar-refractivity contribution in [1.29, 1.82) is 0 Å². The Hall–Kier alpha value is -4.19. The summed E-state index contributed by atoms with van der Waals surface area (Å²) in [6.45, 7) is 1.08. The molecule has 0 saturated carbocycles. The van der Waals surface area contributed by atoms with Crippen LogP contribution in [0.5, 0.6) is 0 Å². The summed E-state index contributed by atoms with van der Waals surface area (Å²) in [6.07, 6.45) is 3.42. The average Bonchev–Trinajstić information content (AvgIpc) is 3.50. The third-order valence-electron chi connectivity index (χ3n) is 5.81. The van der Waals surface area contributed by atoms with Gasteiger partial charge in [0.15, 0.2) is 0 Å². The fourth-order valence-electron chi connectivity index (χ4n) is 4.08. The van der Waals surface area contributed by atoms with Gasteiger partial charge in [-0.05, 0) is 42.8 Å². The molecule has 0 aliphatic carbocycles. The molecule has 33 heavy (non-hydrogen) atoms. The molecule has 164 valence electrons. The highest BCUT2D eigenvalue weighted by Gasteiger charge is 2.21. The molecule has 1 aromatic heterocycles. The Balaban J connectivity index is 1.35. The molecular formula is C27H24N4O2. The number of nitrogens with one attached hydrogen (secondary N) is 1. The molecule has 1 saturated heterocycles. The Morgan fingerprint density at radius 3 is 2.24 bits per heavy atom. The number of aromatic nitrogens is 2. The smallest absolute Gasteiger partial charge is 0.251 e. The Morgan fingerprint density at radius 2 is 1.58 bits per heavy atom. The molecule has 2 amide bonds. The van der Waals surface area contributed by atoms with Gasteiger partial charge >= 0.3 is 0 Å². The van der Waals surface area contributed by atoms with Gasteiger partial charge in [0.25, 0.3) is 5.91 Å². The number of nitrogens with zero attached hydrogens (tertiary/aromatic N) is 3.